The number of hydrogen-bond acceptors (Lipinski definition) is 5. The average molecular weight is 423 g/mol. The van der Waals surface area contributed by atoms with Crippen LogP contribution in [0.25, 0.3) is 0 Å². The first-order chi connectivity index (χ1) is 15.1. The molecule has 1 fully saturated rings. The van der Waals surface area contributed by atoms with Crippen LogP contribution >= 0.6 is 0 Å². The van der Waals surface area contributed by atoms with Crippen molar-refractivity contribution in [1.82, 2.24) is 14.9 Å². The highest BCUT2D eigenvalue weighted by Gasteiger charge is 2.28. The summed E-state index contributed by atoms with van der Waals surface area (Å²) < 4.78 is 6.01. The van der Waals surface area contributed by atoms with Crippen LogP contribution in [0, 0.1) is 6.92 Å². The Bertz CT molecular complexity index is 901. The second-order valence-electron chi connectivity index (χ2n) is 8.70. The average Bonchev–Trinajstić information content (AvgIpc) is 2.80. The number of hydrogen-bond donors (Lipinski definition) is 0. The van der Waals surface area contributed by atoms with E-state index in [4.69, 9.17) is 9.72 Å². The molecule has 2 aliphatic heterocycles. The molecule has 31 heavy (non-hydrogen) atoms. The maximum absolute atomic E-state index is 13.4. The van der Waals surface area contributed by atoms with E-state index in [9.17, 15) is 4.79 Å². The van der Waals surface area contributed by atoms with Gasteiger partial charge in [-0.2, -0.15) is 0 Å². The lowest BCUT2D eigenvalue weighted by atomic mass is 9.95. The van der Waals surface area contributed by atoms with Crippen LogP contribution in [0.2, 0.25) is 0 Å². The molecule has 0 saturated carbocycles. The zero-order chi connectivity index (χ0) is 21.6. The molecule has 0 aliphatic carbocycles. The fourth-order valence-electron chi connectivity index (χ4n) is 4.68. The number of anilines is 1. The van der Waals surface area contributed by atoms with Crippen LogP contribution in [0.15, 0.2) is 30.5 Å². The Balaban J connectivity index is 1.60. The van der Waals surface area contributed by atoms with Gasteiger partial charge < -0.3 is 14.5 Å². The van der Waals surface area contributed by atoms with Crippen molar-refractivity contribution in [3.05, 3.63) is 47.3 Å². The highest BCUT2D eigenvalue weighted by atomic mass is 16.5. The number of ether oxygens (including phenoxy) is 1. The van der Waals surface area contributed by atoms with Crippen LogP contribution in [0.5, 0.6) is 5.75 Å². The summed E-state index contributed by atoms with van der Waals surface area (Å²) in [6, 6.07) is 8.71. The van der Waals surface area contributed by atoms with E-state index in [1.165, 1.54) is 12.0 Å². The van der Waals surface area contributed by atoms with E-state index in [1.54, 1.807) is 0 Å². The Kier molecular flexibility index (Phi) is 7.05. The number of fused-ring (bicyclic) bond motifs is 3. The highest BCUT2D eigenvalue weighted by Crippen LogP contribution is 2.24. The largest absolute Gasteiger partial charge is 0.494 e. The molecule has 2 aliphatic rings. The fraction of sp³-hybridized carbons (Fsp3) is 0.560. The van der Waals surface area contributed by atoms with Gasteiger partial charge in [0.2, 0.25) is 11.9 Å². The van der Waals surface area contributed by atoms with E-state index < -0.39 is 0 Å². The van der Waals surface area contributed by atoms with Crippen LogP contribution in [0.3, 0.4) is 0 Å². The molecule has 1 aromatic carbocycles. The van der Waals surface area contributed by atoms with Gasteiger partial charge in [-0.05, 0) is 75.1 Å². The SMILES string of the molecule is CCc1nc(N2CCCOc3cccc(c3)CCC3CCCCN3C(=O)C2)ncc1C. The summed E-state index contributed by atoms with van der Waals surface area (Å²) in [6.07, 6.45) is 8.88. The van der Waals surface area contributed by atoms with Crippen molar-refractivity contribution in [1.29, 1.82) is 0 Å². The molecule has 1 amide bonds. The lowest BCUT2D eigenvalue weighted by molar-refractivity contribution is -0.133. The molecule has 2 aromatic rings. The second kappa shape index (κ2) is 10.1. The van der Waals surface area contributed by atoms with Gasteiger partial charge in [0, 0.05) is 31.0 Å². The molecular formula is C25H34N4O2. The monoisotopic (exact) mass is 422 g/mol. The number of benzene rings is 1. The van der Waals surface area contributed by atoms with Gasteiger partial charge in [-0.15, -0.1) is 0 Å². The summed E-state index contributed by atoms with van der Waals surface area (Å²) in [7, 11) is 0. The number of carbonyl (C=O) groups excluding carboxylic acids is 1. The van der Waals surface area contributed by atoms with Crippen molar-refractivity contribution in [3.8, 4) is 5.75 Å². The first-order valence-corrected chi connectivity index (χ1v) is 11.7. The van der Waals surface area contributed by atoms with Crippen molar-refractivity contribution in [2.45, 2.75) is 64.8 Å². The van der Waals surface area contributed by atoms with Gasteiger partial charge in [0.25, 0.3) is 0 Å². The number of carbonyl (C=O) groups is 1. The summed E-state index contributed by atoms with van der Waals surface area (Å²) in [4.78, 5) is 26.9. The van der Waals surface area contributed by atoms with Gasteiger partial charge in [-0.25, -0.2) is 9.97 Å². The first kappa shape index (κ1) is 21.6. The molecule has 3 heterocycles. The molecule has 2 bridgehead atoms. The van der Waals surface area contributed by atoms with Gasteiger partial charge in [0.05, 0.1) is 13.2 Å². The van der Waals surface area contributed by atoms with Crippen LogP contribution in [-0.4, -0.2) is 53.1 Å². The Hall–Kier alpha value is -2.63. The molecule has 1 saturated heterocycles. The van der Waals surface area contributed by atoms with Gasteiger partial charge in [0.1, 0.15) is 5.75 Å². The van der Waals surface area contributed by atoms with Crippen molar-refractivity contribution >= 4 is 11.9 Å². The normalized spacial score (nSPS) is 20.6. The second-order valence-corrected chi connectivity index (χ2v) is 8.70. The number of aryl methyl sites for hydroxylation is 3. The molecule has 0 radical (unpaired) electrons. The molecule has 1 atom stereocenters. The Morgan fingerprint density at radius 1 is 1.16 bits per heavy atom. The fourth-order valence-corrected chi connectivity index (χ4v) is 4.68. The van der Waals surface area contributed by atoms with Gasteiger partial charge in [-0.3, -0.25) is 4.79 Å². The number of rotatable bonds is 2. The smallest absolute Gasteiger partial charge is 0.242 e. The molecule has 166 valence electrons. The van der Waals surface area contributed by atoms with Gasteiger partial charge in [0.15, 0.2) is 0 Å². The lowest BCUT2D eigenvalue weighted by Gasteiger charge is -2.37. The summed E-state index contributed by atoms with van der Waals surface area (Å²) in [6.45, 7) is 6.62. The maximum Gasteiger partial charge on any atom is 0.242 e. The molecule has 1 aromatic heterocycles. The maximum atomic E-state index is 13.4. The topological polar surface area (TPSA) is 58.6 Å². The lowest BCUT2D eigenvalue weighted by Crippen LogP contribution is -2.49. The standard InChI is InChI=1S/C25H34N4O2/c1-3-23-19(2)17-26-25(27-23)28-13-7-15-31-22-10-6-8-20(16-22)11-12-21-9-4-5-14-29(21)24(30)18-28/h6,8,10,16-17,21H,3-5,7,9,11-15,18H2,1-2H3. The molecule has 6 nitrogen and oxygen atoms in total. The van der Waals surface area contributed by atoms with E-state index in [-0.39, 0.29) is 5.91 Å². The minimum atomic E-state index is 0.193. The number of piperidine rings is 1. The zero-order valence-corrected chi connectivity index (χ0v) is 18.8. The minimum absolute atomic E-state index is 0.193. The summed E-state index contributed by atoms with van der Waals surface area (Å²) in [5.74, 6) is 1.77. The van der Waals surface area contributed by atoms with Crippen molar-refractivity contribution in [2.24, 2.45) is 0 Å². The summed E-state index contributed by atoms with van der Waals surface area (Å²) in [5.41, 5.74) is 3.43. The van der Waals surface area contributed by atoms with E-state index in [0.717, 1.165) is 62.1 Å². The molecule has 0 spiro atoms. The van der Waals surface area contributed by atoms with Crippen LogP contribution in [0.4, 0.5) is 5.95 Å². The third-order valence-electron chi connectivity index (χ3n) is 6.46. The minimum Gasteiger partial charge on any atom is -0.494 e. The first-order valence-electron chi connectivity index (χ1n) is 11.7. The summed E-state index contributed by atoms with van der Waals surface area (Å²) in [5, 5.41) is 0. The third kappa shape index (κ3) is 5.35. The Morgan fingerprint density at radius 2 is 2.06 bits per heavy atom. The summed E-state index contributed by atoms with van der Waals surface area (Å²) >= 11 is 0. The highest BCUT2D eigenvalue weighted by molar-refractivity contribution is 5.81. The Morgan fingerprint density at radius 3 is 2.94 bits per heavy atom. The van der Waals surface area contributed by atoms with E-state index in [0.29, 0.717) is 31.7 Å². The van der Waals surface area contributed by atoms with Crippen molar-refractivity contribution in [3.63, 3.8) is 0 Å². The van der Waals surface area contributed by atoms with Gasteiger partial charge in [-0.1, -0.05) is 19.1 Å². The number of aromatic nitrogens is 2. The number of amides is 1. The predicted octanol–water partition coefficient (Wildman–Crippen LogP) is 3.95. The quantitative estimate of drug-likeness (QED) is 0.733. The molecule has 0 N–H and O–H groups in total. The third-order valence-corrected chi connectivity index (χ3v) is 6.46. The predicted molar refractivity (Wildman–Crippen MR) is 123 cm³/mol. The van der Waals surface area contributed by atoms with E-state index in [1.807, 2.05) is 24.1 Å². The van der Waals surface area contributed by atoms with Gasteiger partial charge >= 0.3 is 0 Å². The number of nitrogens with zero attached hydrogens (tertiary/aromatic N) is 4. The van der Waals surface area contributed by atoms with Crippen molar-refractivity contribution < 1.29 is 9.53 Å². The van der Waals surface area contributed by atoms with Crippen LogP contribution < -0.4 is 9.64 Å². The molecule has 1 unspecified atom stereocenters. The molecular weight excluding hydrogens is 388 g/mol. The van der Waals surface area contributed by atoms with Crippen LogP contribution in [0.1, 0.15) is 55.8 Å². The molecule has 4 rings (SSSR count). The van der Waals surface area contributed by atoms with E-state index >= 15 is 0 Å². The van der Waals surface area contributed by atoms with E-state index in [2.05, 4.69) is 35.0 Å². The van der Waals surface area contributed by atoms with Crippen LogP contribution in [-0.2, 0) is 17.6 Å². The Labute approximate surface area is 185 Å². The zero-order valence-electron chi connectivity index (χ0n) is 18.8. The molecule has 6 heteroatoms. The van der Waals surface area contributed by atoms with Crippen molar-refractivity contribution in [2.75, 3.05) is 31.1 Å².